The molecule has 2 aliphatic heterocycles. The fraction of sp³-hybridized carbons (Fsp3) is 0.391. The summed E-state index contributed by atoms with van der Waals surface area (Å²) >= 11 is 0. The molecule has 1 atom stereocenters. The van der Waals surface area contributed by atoms with Gasteiger partial charge in [0.15, 0.2) is 6.10 Å². The van der Waals surface area contributed by atoms with E-state index in [9.17, 15) is 18.0 Å². The largest absolute Gasteiger partial charge is 0.449 e. The molecule has 0 bridgehead atoms. The quantitative estimate of drug-likeness (QED) is 0.638. The Balaban J connectivity index is 1.50. The number of ether oxygens (including phenoxy) is 2. The number of hydrogen-bond acceptors (Lipinski definition) is 6. The molecular formula is C23H26N2O6S. The molecule has 0 radical (unpaired) electrons. The molecule has 1 fully saturated rings. The highest BCUT2D eigenvalue weighted by Crippen LogP contribution is 2.28. The Hall–Kier alpha value is -2.75. The van der Waals surface area contributed by atoms with Crippen molar-refractivity contribution in [1.82, 2.24) is 4.31 Å². The van der Waals surface area contributed by atoms with E-state index in [0.717, 1.165) is 17.7 Å². The Bertz CT molecular complexity index is 1140. The summed E-state index contributed by atoms with van der Waals surface area (Å²) in [5.41, 5.74) is 2.53. The number of para-hydroxylation sites is 1. The highest BCUT2D eigenvalue weighted by Gasteiger charge is 2.31. The van der Waals surface area contributed by atoms with Gasteiger partial charge in [0.2, 0.25) is 10.0 Å². The molecule has 0 aromatic heterocycles. The smallest absolute Gasteiger partial charge is 0.338 e. The van der Waals surface area contributed by atoms with E-state index in [1.54, 1.807) is 17.9 Å². The van der Waals surface area contributed by atoms with Gasteiger partial charge in [0.25, 0.3) is 5.91 Å². The number of carbonyl (C=O) groups is 2. The summed E-state index contributed by atoms with van der Waals surface area (Å²) in [6.07, 6.45) is -0.252. The molecule has 32 heavy (non-hydrogen) atoms. The van der Waals surface area contributed by atoms with Gasteiger partial charge in [0, 0.05) is 25.3 Å². The summed E-state index contributed by atoms with van der Waals surface area (Å²) in [4.78, 5) is 27.3. The number of fused-ring (bicyclic) bond motifs is 1. The molecule has 8 nitrogen and oxygen atoms in total. The molecule has 1 amide bonds. The van der Waals surface area contributed by atoms with Crippen molar-refractivity contribution in [3.63, 3.8) is 0 Å². The number of morpholine rings is 1. The predicted octanol–water partition coefficient (Wildman–Crippen LogP) is 2.15. The van der Waals surface area contributed by atoms with E-state index < -0.39 is 22.1 Å². The maximum Gasteiger partial charge on any atom is 0.338 e. The summed E-state index contributed by atoms with van der Waals surface area (Å²) in [5.74, 6) is -1.05. The number of nitrogens with zero attached hydrogens (tertiary/aromatic N) is 2. The number of hydrogen-bond donors (Lipinski definition) is 0. The highest BCUT2D eigenvalue weighted by atomic mass is 32.2. The Morgan fingerprint density at radius 2 is 1.78 bits per heavy atom. The normalized spacial score (nSPS) is 17.6. The van der Waals surface area contributed by atoms with E-state index in [1.165, 1.54) is 23.4 Å². The van der Waals surface area contributed by atoms with Gasteiger partial charge in [0.1, 0.15) is 0 Å². The van der Waals surface area contributed by atoms with E-state index in [0.29, 0.717) is 25.3 Å². The molecule has 0 aliphatic carbocycles. The third-order valence-electron chi connectivity index (χ3n) is 5.80. The lowest BCUT2D eigenvalue weighted by molar-refractivity contribution is -0.126. The molecule has 1 unspecified atom stereocenters. The van der Waals surface area contributed by atoms with E-state index >= 15 is 0 Å². The zero-order valence-electron chi connectivity index (χ0n) is 18.1. The van der Waals surface area contributed by atoms with Crippen molar-refractivity contribution >= 4 is 27.6 Å². The monoisotopic (exact) mass is 458 g/mol. The molecule has 2 aliphatic rings. The molecule has 0 spiro atoms. The lowest BCUT2D eigenvalue weighted by Gasteiger charge is -2.27. The average molecular weight is 459 g/mol. The van der Waals surface area contributed by atoms with Gasteiger partial charge in [-0.15, -0.1) is 0 Å². The second kappa shape index (κ2) is 9.01. The third kappa shape index (κ3) is 4.28. The predicted molar refractivity (Wildman–Crippen MR) is 118 cm³/mol. The van der Waals surface area contributed by atoms with Crippen molar-refractivity contribution in [2.45, 2.75) is 31.3 Å². The maximum absolute atomic E-state index is 13.1. The molecule has 9 heteroatoms. The van der Waals surface area contributed by atoms with Gasteiger partial charge in [-0.25, -0.2) is 13.2 Å². The van der Waals surface area contributed by atoms with Gasteiger partial charge < -0.3 is 14.4 Å². The van der Waals surface area contributed by atoms with E-state index in [-0.39, 0.29) is 29.5 Å². The first-order valence-corrected chi connectivity index (χ1v) is 12.0. The number of benzene rings is 2. The minimum Gasteiger partial charge on any atom is -0.449 e. The summed E-state index contributed by atoms with van der Waals surface area (Å²) in [7, 11) is -3.77. The van der Waals surface area contributed by atoms with E-state index in [2.05, 4.69) is 0 Å². The van der Waals surface area contributed by atoms with Gasteiger partial charge in [-0.3, -0.25) is 4.79 Å². The van der Waals surface area contributed by atoms with Crippen LogP contribution in [0.3, 0.4) is 0 Å². The van der Waals surface area contributed by atoms with E-state index in [1.807, 2.05) is 24.3 Å². The van der Waals surface area contributed by atoms with Gasteiger partial charge >= 0.3 is 5.97 Å². The highest BCUT2D eigenvalue weighted by molar-refractivity contribution is 7.89. The van der Waals surface area contributed by atoms with Crippen molar-refractivity contribution in [2.24, 2.45) is 0 Å². The third-order valence-corrected chi connectivity index (χ3v) is 7.84. The molecule has 2 aromatic carbocycles. The number of esters is 1. The molecular weight excluding hydrogens is 432 g/mol. The number of carbonyl (C=O) groups excluding carboxylic acids is 2. The topological polar surface area (TPSA) is 93.2 Å². The molecule has 0 saturated carbocycles. The molecule has 170 valence electrons. The van der Waals surface area contributed by atoms with Crippen LogP contribution in [0.5, 0.6) is 0 Å². The first-order chi connectivity index (χ1) is 15.3. The van der Waals surface area contributed by atoms with E-state index in [4.69, 9.17) is 9.47 Å². The Morgan fingerprint density at radius 3 is 2.53 bits per heavy atom. The van der Waals surface area contributed by atoms with Crippen molar-refractivity contribution in [2.75, 3.05) is 37.7 Å². The summed E-state index contributed by atoms with van der Waals surface area (Å²) < 4.78 is 38.1. The standard InChI is InChI=1S/C23H26N2O6S/c1-16-7-8-19(15-21(16)32(28,29)24-11-13-30-14-12-24)23(27)31-17(2)22(26)25-10-9-18-5-3-4-6-20(18)25/h3-8,15,17H,9-14H2,1-2H3. The SMILES string of the molecule is Cc1ccc(C(=O)OC(C)C(=O)N2CCc3ccccc32)cc1S(=O)(=O)N1CCOCC1. The van der Waals surface area contributed by atoms with Crippen LogP contribution in [0.25, 0.3) is 0 Å². The average Bonchev–Trinajstić information content (AvgIpc) is 3.23. The van der Waals surface area contributed by atoms with Gasteiger partial charge in [-0.05, 0) is 49.6 Å². The van der Waals surface area contributed by atoms with Gasteiger partial charge in [0.05, 0.1) is 23.7 Å². The Kier molecular flexibility index (Phi) is 6.32. The fourth-order valence-electron chi connectivity index (χ4n) is 4.00. The van der Waals surface area contributed by atoms with Crippen molar-refractivity contribution in [1.29, 1.82) is 0 Å². The number of amides is 1. The minimum atomic E-state index is -3.77. The van der Waals surface area contributed by atoms with Gasteiger partial charge in [-0.1, -0.05) is 24.3 Å². The summed E-state index contributed by atoms with van der Waals surface area (Å²) in [6, 6.07) is 12.1. The summed E-state index contributed by atoms with van der Waals surface area (Å²) in [5, 5.41) is 0. The van der Waals surface area contributed by atoms with Crippen molar-refractivity contribution in [3.05, 3.63) is 59.2 Å². The van der Waals surface area contributed by atoms with Crippen molar-refractivity contribution < 1.29 is 27.5 Å². The zero-order chi connectivity index (χ0) is 22.9. The Labute approximate surface area is 187 Å². The number of sulfonamides is 1. The van der Waals surface area contributed by atoms with Crippen LogP contribution in [0.1, 0.15) is 28.4 Å². The number of aryl methyl sites for hydroxylation is 1. The van der Waals surface area contributed by atoms with Crippen LogP contribution >= 0.6 is 0 Å². The van der Waals surface area contributed by atoms with Crippen LogP contribution in [0.4, 0.5) is 5.69 Å². The fourth-order valence-corrected chi connectivity index (χ4v) is 5.66. The molecule has 2 aromatic rings. The Morgan fingerprint density at radius 1 is 1.06 bits per heavy atom. The second-order valence-electron chi connectivity index (χ2n) is 7.91. The van der Waals surface area contributed by atoms with Crippen LogP contribution in [0.2, 0.25) is 0 Å². The number of rotatable bonds is 5. The lowest BCUT2D eigenvalue weighted by atomic mass is 10.1. The molecule has 0 N–H and O–H groups in total. The summed E-state index contributed by atoms with van der Waals surface area (Å²) in [6.45, 7) is 4.93. The molecule has 2 heterocycles. The van der Waals surface area contributed by atoms with Crippen LogP contribution in [0.15, 0.2) is 47.4 Å². The van der Waals surface area contributed by atoms with Crippen LogP contribution in [-0.4, -0.2) is 63.6 Å². The molecule has 1 saturated heterocycles. The first kappa shape index (κ1) is 22.4. The maximum atomic E-state index is 13.1. The minimum absolute atomic E-state index is 0.0568. The first-order valence-electron chi connectivity index (χ1n) is 10.6. The molecule has 4 rings (SSSR count). The van der Waals surface area contributed by atoms with Crippen LogP contribution < -0.4 is 4.90 Å². The zero-order valence-corrected chi connectivity index (χ0v) is 18.9. The number of anilines is 1. The second-order valence-corrected chi connectivity index (χ2v) is 9.82. The van der Waals surface area contributed by atoms with Crippen LogP contribution in [0, 0.1) is 6.92 Å². The van der Waals surface area contributed by atoms with Crippen LogP contribution in [-0.2, 0) is 30.7 Å². The van der Waals surface area contributed by atoms with Gasteiger partial charge in [-0.2, -0.15) is 4.31 Å². The van der Waals surface area contributed by atoms with Crippen molar-refractivity contribution in [3.8, 4) is 0 Å². The lowest BCUT2D eigenvalue weighted by Crippen LogP contribution is -2.41.